The first-order valence-corrected chi connectivity index (χ1v) is 12.6. The van der Waals surface area contributed by atoms with Gasteiger partial charge in [0.15, 0.2) is 0 Å². The molecule has 0 saturated carbocycles. The minimum absolute atomic E-state index is 0.0270. The number of unbranched alkanes of at least 4 members (excludes halogenated alkanes) is 2. The molecule has 4 atom stereocenters. The maximum atomic E-state index is 13.5. The Morgan fingerprint density at radius 1 is 1.23 bits per heavy atom. The molecule has 0 bridgehead atoms. The number of imide groups is 1. The first-order chi connectivity index (χ1) is 16.7. The summed E-state index contributed by atoms with van der Waals surface area (Å²) in [6.45, 7) is 0.472. The van der Waals surface area contributed by atoms with Gasteiger partial charge in [0, 0.05) is 30.1 Å². The summed E-state index contributed by atoms with van der Waals surface area (Å²) >= 11 is 3.40. The number of allylic oxidation sites excluding steroid dienone is 1. The molecule has 2 aliphatic heterocycles. The Kier molecular flexibility index (Phi) is 8.00. The van der Waals surface area contributed by atoms with E-state index in [1.807, 2.05) is 0 Å². The summed E-state index contributed by atoms with van der Waals surface area (Å²) in [6, 6.07) is 4.96. The van der Waals surface area contributed by atoms with Crippen LogP contribution >= 0.6 is 15.9 Å². The highest BCUT2D eigenvalue weighted by atomic mass is 79.9. The van der Waals surface area contributed by atoms with E-state index >= 15 is 0 Å². The fourth-order valence-corrected chi connectivity index (χ4v) is 6.09. The Hall–Kier alpha value is -2.21. The molecule has 1 aliphatic carbocycles. The summed E-state index contributed by atoms with van der Waals surface area (Å²) in [5.41, 5.74) is 1.87. The van der Waals surface area contributed by atoms with E-state index in [4.69, 9.17) is 14.5 Å². The Bertz CT molecular complexity index is 1050. The van der Waals surface area contributed by atoms with E-state index in [0.29, 0.717) is 43.1 Å². The first-order valence-electron chi connectivity index (χ1n) is 11.8. The van der Waals surface area contributed by atoms with Crippen molar-refractivity contribution < 1.29 is 39.0 Å². The Labute approximate surface area is 212 Å². The summed E-state index contributed by atoms with van der Waals surface area (Å²) in [5, 5.41) is 30.2. The van der Waals surface area contributed by atoms with E-state index in [2.05, 4.69) is 15.9 Å². The molecule has 0 spiro atoms. The van der Waals surface area contributed by atoms with E-state index in [1.54, 1.807) is 12.1 Å². The van der Waals surface area contributed by atoms with Crippen molar-refractivity contribution in [3.8, 4) is 5.75 Å². The van der Waals surface area contributed by atoms with Crippen LogP contribution in [-0.4, -0.2) is 65.3 Å². The molecule has 188 valence electrons. The lowest BCUT2D eigenvalue weighted by molar-refractivity contribution is -0.141. The number of phenolic OH excluding ortho intramolecular Hbond substituents is 1. The van der Waals surface area contributed by atoms with Gasteiger partial charge in [0.05, 0.1) is 24.5 Å². The first kappa shape index (κ1) is 25.9. The predicted molar refractivity (Wildman–Crippen MR) is 129 cm³/mol. The van der Waals surface area contributed by atoms with Gasteiger partial charge in [-0.05, 0) is 60.8 Å². The molecular weight excluding hydrogens is 521 g/mol. The number of carbonyl (C=O) groups excluding carboxylic acids is 2. The van der Waals surface area contributed by atoms with Crippen molar-refractivity contribution in [3.63, 3.8) is 0 Å². The van der Waals surface area contributed by atoms with Gasteiger partial charge in [0.1, 0.15) is 5.75 Å². The molecule has 35 heavy (non-hydrogen) atoms. The molecule has 0 radical (unpaired) electrons. The number of nitrogens with zero attached hydrogens (tertiary/aromatic N) is 1. The van der Waals surface area contributed by atoms with Crippen molar-refractivity contribution in [2.24, 2.45) is 17.8 Å². The second kappa shape index (κ2) is 10.8. The third-order valence-corrected chi connectivity index (χ3v) is 7.72. The largest absolute Gasteiger partial charge is 0.508 e. The van der Waals surface area contributed by atoms with Crippen LogP contribution in [0, 0.1) is 17.8 Å². The molecule has 3 N–H and O–H groups in total. The Morgan fingerprint density at radius 2 is 2.00 bits per heavy atom. The highest BCUT2D eigenvalue weighted by Crippen LogP contribution is 2.52. The van der Waals surface area contributed by atoms with Gasteiger partial charge >= 0.3 is 13.1 Å². The van der Waals surface area contributed by atoms with Crippen molar-refractivity contribution >= 4 is 40.8 Å². The zero-order chi connectivity index (χ0) is 25.3. The number of hydrogen-bond acceptors (Lipinski definition) is 7. The average molecular weight is 550 g/mol. The lowest BCUT2D eigenvalue weighted by Gasteiger charge is -2.42. The van der Waals surface area contributed by atoms with Crippen LogP contribution in [0.5, 0.6) is 5.75 Å². The van der Waals surface area contributed by atoms with Crippen molar-refractivity contribution in [3.05, 3.63) is 39.3 Å². The number of carboxylic acids is 1. The predicted octanol–water partition coefficient (Wildman–Crippen LogP) is 2.84. The Morgan fingerprint density at radius 3 is 2.71 bits per heavy atom. The van der Waals surface area contributed by atoms with Crippen LogP contribution in [0.25, 0.3) is 0 Å². The fraction of sp³-hybridized carbons (Fsp3) is 0.542. The molecule has 2 heterocycles. The molecule has 1 aromatic carbocycles. The minimum atomic E-state index is -1.28. The average Bonchev–Trinajstić information content (AvgIpc) is 3.04. The van der Waals surface area contributed by atoms with Crippen LogP contribution in [0.15, 0.2) is 33.7 Å². The number of aromatic hydroxyl groups is 1. The second-order valence-corrected chi connectivity index (χ2v) is 10.3. The number of carboxylic acid groups (broad SMARTS) is 1. The number of methoxy groups -OCH3 is 1. The highest BCUT2D eigenvalue weighted by molar-refractivity contribution is 9.10. The topological polar surface area (TPSA) is 134 Å². The number of amides is 2. The van der Waals surface area contributed by atoms with Gasteiger partial charge in [0.25, 0.3) is 0 Å². The number of ether oxygens (including phenoxy) is 1. The lowest BCUT2D eigenvalue weighted by atomic mass is 9.55. The number of hydrogen-bond donors (Lipinski definition) is 3. The third kappa shape index (κ3) is 5.18. The summed E-state index contributed by atoms with van der Waals surface area (Å²) < 4.78 is 12.0. The summed E-state index contributed by atoms with van der Waals surface area (Å²) in [5.74, 6) is -2.91. The number of phenols is 1. The van der Waals surface area contributed by atoms with Crippen LogP contribution in [0.3, 0.4) is 0 Å². The van der Waals surface area contributed by atoms with Crippen molar-refractivity contribution in [2.75, 3.05) is 20.3 Å². The number of likely N-dealkylation sites (tertiary alicyclic amines) is 1. The molecule has 2 saturated heterocycles. The number of halogens is 1. The number of fused-ring (bicyclic) bond motifs is 3. The van der Waals surface area contributed by atoms with E-state index in [1.165, 1.54) is 18.1 Å². The van der Waals surface area contributed by atoms with E-state index < -0.39 is 36.9 Å². The quantitative estimate of drug-likeness (QED) is 0.243. The molecule has 1 aromatic rings. The van der Waals surface area contributed by atoms with Gasteiger partial charge < -0.3 is 24.6 Å². The smallest absolute Gasteiger partial charge is 0.487 e. The fourth-order valence-electron chi connectivity index (χ4n) is 5.71. The van der Waals surface area contributed by atoms with Crippen LogP contribution < -0.4 is 0 Å². The van der Waals surface area contributed by atoms with Crippen LogP contribution in [0.2, 0.25) is 0 Å². The van der Waals surface area contributed by atoms with Gasteiger partial charge in [-0.15, -0.1) is 0 Å². The number of carbonyl (C=O) groups is 3. The molecule has 0 aromatic heterocycles. The van der Waals surface area contributed by atoms with Crippen molar-refractivity contribution in [1.29, 1.82) is 0 Å². The summed E-state index contributed by atoms with van der Waals surface area (Å²) in [6.07, 6.45) is 1.69. The molecule has 3 aliphatic rings. The Balaban J connectivity index is 1.59. The zero-order valence-corrected chi connectivity index (χ0v) is 21.1. The van der Waals surface area contributed by atoms with Crippen LogP contribution in [0.1, 0.15) is 50.2 Å². The molecule has 9 nitrogen and oxygen atoms in total. The number of rotatable bonds is 9. The van der Waals surface area contributed by atoms with Crippen LogP contribution in [0.4, 0.5) is 0 Å². The summed E-state index contributed by atoms with van der Waals surface area (Å²) in [4.78, 5) is 38.8. The number of aliphatic carboxylic acids is 1. The number of benzene rings is 1. The van der Waals surface area contributed by atoms with Gasteiger partial charge in [-0.1, -0.05) is 22.4 Å². The van der Waals surface area contributed by atoms with Crippen molar-refractivity contribution in [2.45, 2.75) is 44.6 Å². The van der Waals surface area contributed by atoms with Crippen LogP contribution in [-0.2, 0) is 23.8 Å². The molecule has 0 unspecified atom stereocenters. The summed E-state index contributed by atoms with van der Waals surface area (Å²) in [7, 11) is 0.258. The van der Waals surface area contributed by atoms with Gasteiger partial charge in [-0.25, -0.2) is 0 Å². The normalized spacial score (nSPS) is 26.3. The van der Waals surface area contributed by atoms with Gasteiger partial charge in [0.2, 0.25) is 11.8 Å². The minimum Gasteiger partial charge on any atom is -0.508 e. The molecule has 4 rings (SSSR count). The van der Waals surface area contributed by atoms with Gasteiger partial charge in [-0.2, -0.15) is 0 Å². The second-order valence-electron chi connectivity index (χ2n) is 9.38. The maximum absolute atomic E-state index is 13.5. The van der Waals surface area contributed by atoms with Gasteiger partial charge in [-0.3, -0.25) is 19.3 Å². The molecule has 2 fully saturated rings. The highest BCUT2D eigenvalue weighted by Gasteiger charge is 2.57. The van der Waals surface area contributed by atoms with Crippen molar-refractivity contribution in [1.82, 2.24) is 4.90 Å². The molecular formula is C24H29BBrNO8. The maximum Gasteiger partial charge on any atom is 0.487 e. The monoisotopic (exact) mass is 549 g/mol. The third-order valence-electron chi connectivity index (χ3n) is 7.23. The SMILES string of the molecule is COCC1=C2B(O)O[C@H](c3cc(Br)ccc3O)C[C@H]2[C@H]2C(=O)N(CCCCCC(=O)O)C(=O)[C@H]2C1. The standard InChI is InChI=1S/C24H29BBrNO8/c1-34-12-13-9-17-21(24(32)27(23(17)31)8-4-2-3-5-20(29)30)16-11-19(35-25(33)22(13)16)15-10-14(26)6-7-18(15)28/h6-7,10,16-17,19,21,28,33H,2-5,8-9,11-12H2,1H3,(H,29,30)/t16-,17-,19-,21+/m0/s1. The molecule has 11 heteroatoms. The van der Waals surface area contributed by atoms with E-state index in [9.17, 15) is 24.5 Å². The zero-order valence-electron chi connectivity index (χ0n) is 19.5. The lowest BCUT2D eigenvalue weighted by Crippen LogP contribution is -2.45. The van der Waals surface area contributed by atoms with E-state index in [0.717, 1.165) is 10.0 Å². The molecule has 2 amide bonds. The van der Waals surface area contributed by atoms with E-state index in [-0.39, 0.29) is 37.1 Å².